The fourth-order valence-electron chi connectivity index (χ4n) is 6.46. The monoisotopic (exact) mass is 463 g/mol. The number of hydrogen-bond acceptors (Lipinski definition) is 6. The number of nitrogens with one attached hydrogen (secondary N) is 1. The van der Waals surface area contributed by atoms with Crippen molar-refractivity contribution in [1.82, 2.24) is 19.4 Å². The predicted octanol–water partition coefficient (Wildman–Crippen LogP) is 0.867. The van der Waals surface area contributed by atoms with Crippen LogP contribution in [0.4, 0.5) is 10.6 Å². The number of urea groups is 1. The number of carbonyl (C=O) groups excluding carboxylic acids is 1. The summed E-state index contributed by atoms with van der Waals surface area (Å²) < 4.78 is 1.49. The predicted molar refractivity (Wildman–Crippen MR) is 130 cm³/mol. The number of hydrogen-bond donors (Lipinski definition) is 3. The van der Waals surface area contributed by atoms with Crippen molar-refractivity contribution in [3.63, 3.8) is 0 Å². The number of anilines is 1. The lowest BCUT2D eigenvalue weighted by Gasteiger charge is -2.58. The molecule has 4 fully saturated rings. The summed E-state index contributed by atoms with van der Waals surface area (Å²) in [7, 11) is 0. The third-order valence-corrected chi connectivity index (χ3v) is 8.42. The van der Waals surface area contributed by atoms with Crippen LogP contribution in [0.25, 0.3) is 5.69 Å². The lowest BCUT2D eigenvalue weighted by atomic mass is 9.61. The Morgan fingerprint density at radius 2 is 1.82 bits per heavy atom. The van der Waals surface area contributed by atoms with Crippen LogP contribution < -0.4 is 22.5 Å². The van der Waals surface area contributed by atoms with E-state index in [1.165, 1.54) is 23.2 Å². The van der Waals surface area contributed by atoms with Gasteiger partial charge in [-0.15, -0.1) is 0 Å². The third kappa shape index (κ3) is 3.91. The molecule has 2 saturated heterocycles. The summed E-state index contributed by atoms with van der Waals surface area (Å²) in [4.78, 5) is 33.4. The molecule has 2 aliphatic heterocycles. The van der Waals surface area contributed by atoms with E-state index in [9.17, 15) is 9.59 Å². The normalized spacial score (nSPS) is 27.2. The van der Waals surface area contributed by atoms with E-state index in [0.29, 0.717) is 0 Å². The minimum absolute atomic E-state index is 0.214. The molecule has 0 bridgehead atoms. The molecule has 1 spiro atoms. The van der Waals surface area contributed by atoms with E-state index in [-0.39, 0.29) is 23.3 Å². The number of amides is 2. The molecule has 2 aromatic rings. The molecule has 3 heterocycles. The van der Waals surface area contributed by atoms with E-state index in [2.05, 4.69) is 27.3 Å². The Balaban J connectivity index is 1.01. The molecule has 180 valence electrons. The van der Waals surface area contributed by atoms with E-state index in [1.54, 1.807) is 17.2 Å². The van der Waals surface area contributed by atoms with E-state index >= 15 is 0 Å². The average Bonchev–Trinajstić information content (AvgIpc) is 3.25. The first-order chi connectivity index (χ1) is 16.4. The summed E-state index contributed by atoms with van der Waals surface area (Å²) in [6.45, 7) is 5.71. The van der Waals surface area contributed by atoms with Crippen LogP contribution in [0.1, 0.15) is 18.4 Å². The lowest BCUT2D eigenvalue weighted by Crippen LogP contribution is -2.67. The van der Waals surface area contributed by atoms with Gasteiger partial charge in [0.05, 0.1) is 5.69 Å². The van der Waals surface area contributed by atoms with Gasteiger partial charge in [-0.2, -0.15) is 4.98 Å². The van der Waals surface area contributed by atoms with E-state index < -0.39 is 5.69 Å². The molecular weight excluding hydrogens is 430 g/mol. The minimum atomic E-state index is -0.415. The Morgan fingerprint density at radius 1 is 1.12 bits per heavy atom. The van der Waals surface area contributed by atoms with Gasteiger partial charge in [0.25, 0.3) is 0 Å². The largest absolute Gasteiger partial charge is 0.354 e. The van der Waals surface area contributed by atoms with Crippen LogP contribution in [0, 0.1) is 23.2 Å². The molecule has 9 heteroatoms. The molecule has 1 aromatic heterocycles. The van der Waals surface area contributed by atoms with Crippen LogP contribution in [-0.4, -0.2) is 70.7 Å². The molecule has 34 heavy (non-hydrogen) atoms. The highest BCUT2D eigenvalue weighted by Crippen LogP contribution is 2.50. The van der Waals surface area contributed by atoms with Gasteiger partial charge in [0, 0.05) is 50.4 Å². The van der Waals surface area contributed by atoms with Crippen molar-refractivity contribution in [2.24, 2.45) is 34.6 Å². The van der Waals surface area contributed by atoms with Gasteiger partial charge in [-0.05, 0) is 67.3 Å². The van der Waals surface area contributed by atoms with Gasteiger partial charge in [-0.25, -0.2) is 9.59 Å². The first-order valence-electron chi connectivity index (χ1n) is 12.4. The maximum absolute atomic E-state index is 12.6. The lowest BCUT2D eigenvalue weighted by molar-refractivity contribution is -0.0418. The molecule has 5 N–H and O–H groups in total. The molecule has 6 rings (SSSR count). The maximum Gasteiger partial charge on any atom is 0.354 e. The SMILES string of the molecule is NCC1[C@H]2CN(CCc3ccc(-n4ccc(NC(=O)N5CC6(CC(N)C6)C5)nc4=O)cc3)C[C@@H]12. The van der Waals surface area contributed by atoms with Crippen LogP contribution in [0.5, 0.6) is 0 Å². The van der Waals surface area contributed by atoms with Crippen molar-refractivity contribution in [2.45, 2.75) is 25.3 Å². The van der Waals surface area contributed by atoms with Crippen molar-refractivity contribution >= 4 is 11.8 Å². The number of rotatable bonds is 6. The van der Waals surface area contributed by atoms with Gasteiger partial charge in [-0.1, -0.05) is 12.1 Å². The second-order valence-electron chi connectivity index (χ2n) is 10.8. The van der Waals surface area contributed by atoms with Crippen LogP contribution >= 0.6 is 0 Å². The Morgan fingerprint density at radius 3 is 2.44 bits per heavy atom. The van der Waals surface area contributed by atoms with Gasteiger partial charge < -0.3 is 21.3 Å². The molecule has 0 radical (unpaired) electrons. The third-order valence-electron chi connectivity index (χ3n) is 8.42. The number of nitrogens with two attached hydrogens (primary N) is 2. The van der Waals surface area contributed by atoms with Crippen molar-refractivity contribution in [3.8, 4) is 5.69 Å². The van der Waals surface area contributed by atoms with E-state index in [1.807, 2.05) is 12.1 Å². The quantitative estimate of drug-likeness (QED) is 0.584. The average molecular weight is 464 g/mol. The summed E-state index contributed by atoms with van der Waals surface area (Å²) in [5, 5.41) is 2.75. The second kappa shape index (κ2) is 8.18. The van der Waals surface area contributed by atoms with Gasteiger partial charge >= 0.3 is 11.7 Å². The molecular formula is C25H33N7O2. The van der Waals surface area contributed by atoms with Gasteiger partial charge in [-0.3, -0.25) is 9.88 Å². The molecule has 3 atom stereocenters. The standard InChI is InChI=1S/C25H33N7O2/c26-11-19-20-12-30(13-21(19)20)7-5-16-1-3-18(4-2-16)32-8-6-22(29-24(32)34)28-23(33)31-14-25(15-31)9-17(27)10-25/h1-4,6,8,17,19-21H,5,7,9-15,26-27H2,(H,28,29,33,34)/t19?,20-,21+. The molecule has 9 nitrogen and oxygen atoms in total. The summed E-state index contributed by atoms with van der Waals surface area (Å²) in [6, 6.07) is 9.76. The van der Waals surface area contributed by atoms with Crippen LogP contribution in [0.15, 0.2) is 41.3 Å². The first-order valence-corrected chi connectivity index (χ1v) is 12.4. The number of piperidine rings is 1. The number of benzene rings is 1. The Labute approximate surface area is 199 Å². The highest BCUT2D eigenvalue weighted by Gasteiger charge is 2.54. The van der Waals surface area contributed by atoms with Gasteiger partial charge in [0.15, 0.2) is 0 Å². The van der Waals surface area contributed by atoms with Crippen LogP contribution in [-0.2, 0) is 6.42 Å². The van der Waals surface area contributed by atoms with Crippen molar-refractivity contribution in [3.05, 3.63) is 52.6 Å². The molecule has 2 amide bonds. The topological polar surface area (TPSA) is 123 Å². The molecule has 2 aliphatic carbocycles. The van der Waals surface area contributed by atoms with E-state index in [4.69, 9.17) is 11.5 Å². The highest BCUT2D eigenvalue weighted by atomic mass is 16.2. The van der Waals surface area contributed by atoms with Crippen molar-refractivity contribution < 1.29 is 4.79 Å². The first kappa shape index (κ1) is 21.8. The number of likely N-dealkylation sites (tertiary alicyclic amines) is 2. The zero-order chi connectivity index (χ0) is 23.4. The Hall–Kier alpha value is -2.75. The Bertz CT molecular complexity index is 1120. The molecule has 4 aliphatic rings. The second-order valence-corrected chi connectivity index (χ2v) is 10.8. The smallest absolute Gasteiger partial charge is 0.330 e. The Kier molecular flexibility index (Phi) is 5.24. The van der Waals surface area contributed by atoms with Gasteiger partial charge in [0.2, 0.25) is 0 Å². The number of aromatic nitrogens is 2. The number of nitrogens with zero attached hydrogens (tertiary/aromatic N) is 4. The minimum Gasteiger partial charge on any atom is -0.330 e. The van der Waals surface area contributed by atoms with Crippen molar-refractivity contribution in [1.29, 1.82) is 0 Å². The van der Waals surface area contributed by atoms with E-state index in [0.717, 1.165) is 68.9 Å². The zero-order valence-electron chi connectivity index (χ0n) is 19.4. The van der Waals surface area contributed by atoms with Crippen molar-refractivity contribution in [2.75, 3.05) is 44.6 Å². The summed E-state index contributed by atoms with van der Waals surface area (Å²) in [5.41, 5.74) is 13.5. The molecule has 1 unspecified atom stereocenters. The fourth-order valence-corrected chi connectivity index (χ4v) is 6.46. The number of fused-ring (bicyclic) bond motifs is 1. The zero-order valence-corrected chi connectivity index (χ0v) is 19.4. The summed E-state index contributed by atoms with van der Waals surface area (Å²) in [6.07, 6.45) is 4.62. The van der Waals surface area contributed by atoms with Crippen LogP contribution in [0.2, 0.25) is 0 Å². The molecule has 2 saturated carbocycles. The fraction of sp³-hybridized carbons (Fsp3) is 0.560. The number of carbonyl (C=O) groups is 1. The summed E-state index contributed by atoms with van der Waals surface area (Å²) in [5.74, 6) is 2.68. The molecule has 1 aromatic carbocycles. The highest BCUT2D eigenvalue weighted by molar-refractivity contribution is 5.89. The van der Waals surface area contributed by atoms with Crippen LogP contribution in [0.3, 0.4) is 0 Å². The maximum atomic E-state index is 12.6. The summed E-state index contributed by atoms with van der Waals surface area (Å²) >= 11 is 0. The van der Waals surface area contributed by atoms with Gasteiger partial charge in [0.1, 0.15) is 5.82 Å².